The number of Topliss-reactive ketones (excluding diaryl/α,β-unsaturated/α-hetero) is 1. The third kappa shape index (κ3) is 1.41. The summed E-state index contributed by atoms with van der Waals surface area (Å²) < 4.78 is 90.5. The standard InChI is InChI=1S/C9H9F7O/c1-2-3-4-6(10)5(17)7(11,12)9(15,16)8(6,13)14/h2-4H2,1H3. The number of hydrogen-bond acceptors (Lipinski definition) is 1. The van der Waals surface area contributed by atoms with Crippen molar-refractivity contribution in [2.75, 3.05) is 0 Å². The van der Waals surface area contributed by atoms with Crippen molar-refractivity contribution >= 4 is 5.78 Å². The van der Waals surface area contributed by atoms with Gasteiger partial charge in [0.15, 0.2) is 0 Å². The molecule has 0 aromatic rings. The molecule has 1 saturated carbocycles. The highest BCUT2D eigenvalue weighted by atomic mass is 19.3. The molecule has 0 aromatic carbocycles. The van der Waals surface area contributed by atoms with Crippen LogP contribution in [0.5, 0.6) is 0 Å². The van der Waals surface area contributed by atoms with E-state index in [0.717, 1.165) is 0 Å². The number of halogens is 7. The lowest BCUT2D eigenvalue weighted by Gasteiger charge is -2.27. The fraction of sp³-hybridized carbons (Fsp3) is 0.889. The first-order valence-electron chi connectivity index (χ1n) is 4.84. The number of rotatable bonds is 3. The zero-order chi connectivity index (χ0) is 13.7. The van der Waals surface area contributed by atoms with Gasteiger partial charge in [0, 0.05) is 0 Å². The average Bonchev–Trinajstić information content (AvgIpc) is 2.28. The van der Waals surface area contributed by atoms with Gasteiger partial charge in [-0.1, -0.05) is 13.3 Å². The van der Waals surface area contributed by atoms with E-state index in [2.05, 4.69) is 0 Å². The number of unbranched alkanes of at least 4 members (excludes halogenated alkanes) is 1. The lowest BCUT2D eigenvalue weighted by Crippen LogP contribution is -2.52. The molecule has 0 amide bonds. The van der Waals surface area contributed by atoms with Crippen LogP contribution in [0, 0.1) is 0 Å². The van der Waals surface area contributed by atoms with E-state index in [4.69, 9.17) is 0 Å². The van der Waals surface area contributed by atoms with Crippen molar-refractivity contribution in [2.45, 2.75) is 49.6 Å². The molecule has 1 rings (SSSR count). The lowest BCUT2D eigenvalue weighted by atomic mass is 9.93. The van der Waals surface area contributed by atoms with Gasteiger partial charge >= 0.3 is 17.8 Å². The van der Waals surface area contributed by atoms with Crippen molar-refractivity contribution in [1.29, 1.82) is 0 Å². The summed E-state index contributed by atoms with van der Waals surface area (Å²) >= 11 is 0. The van der Waals surface area contributed by atoms with Crippen LogP contribution >= 0.6 is 0 Å². The third-order valence-electron chi connectivity index (χ3n) is 2.81. The van der Waals surface area contributed by atoms with Gasteiger partial charge in [0.2, 0.25) is 5.67 Å². The van der Waals surface area contributed by atoms with Gasteiger partial charge in [0.1, 0.15) is 0 Å². The molecule has 0 N–H and O–H groups in total. The second kappa shape index (κ2) is 3.58. The number of ketones is 1. The van der Waals surface area contributed by atoms with Crippen LogP contribution in [-0.2, 0) is 4.79 Å². The van der Waals surface area contributed by atoms with Crippen LogP contribution < -0.4 is 0 Å². The molecule has 0 aromatic heterocycles. The van der Waals surface area contributed by atoms with Crippen LogP contribution in [0.3, 0.4) is 0 Å². The lowest BCUT2D eigenvalue weighted by molar-refractivity contribution is -0.287. The van der Waals surface area contributed by atoms with Gasteiger partial charge in [-0.2, -0.15) is 26.3 Å². The van der Waals surface area contributed by atoms with Crippen LogP contribution in [0.4, 0.5) is 30.7 Å². The molecule has 0 radical (unpaired) electrons. The minimum Gasteiger partial charge on any atom is -0.289 e. The first kappa shape index (κ1) is 14.2. The van der Waals surface area contributed by atoms with E-state index < -0.39 is 35.6 Å². The Kier molecular flexibility index (Phi) is 3.00. The van der Waals surface area contributed by atoms with Gasteiger partial charge in [-0.25, -0.2) is 4.39 Å². The van der Waals surface area contributed by atoms with E-state index in [1.807, 2.05) is 0 Å². The maximum atomic E-state index is 13.6. The van der Waals surface area contributed by atoms with Gasteiger partial charge in [0.25, 0.3) is 5.78 Å². The van der Waals surface area contributed by atoms with Crippen molar-refractivity contribution in [3.63, 3.8) is 0 Å². The average molecular weight is 266 g/mol. The summed E-state index contributed by atoms with van der Waals surface area (Å²) in [5, 5.41) is 0. The Morgan fingerprint density at radius 1 is 0.941 bits per heavy atom. The molecule has 0 aliphatic heterocycles. The van der Waals surface area contributed by atoms with Gasteiger partial charge in [-0.15, -0.1) is 0 Å². The first-order chi connectivity index (χ1) is 7.47. The monoisotopic (exact) mass is 266 g/mol. The van der Waals surface area contributed by atoms with E-state index in [0.29, 0.717) is 0 Å². The Bertz CT molecular complexity index is 338. The van der Waals surface area contributed by atoms with E-state index in [1.165, 1.54) is 6.92 Å². The number of alkyl halides is 7. The Morgan fingerprint density at radius 2 is 1.41 bits per heavy atom. The highest BCUT2D eigenvalue weighted by molar-refractivity contribution is 5.99. The minimum atomic E-state index is -6.00. The molecular weight excluding hydrogens is 257 g/mol. The summed E-state index contributed by atoms with van der Waals surface area (Å²) in [6.45, 7) is 1.41. The second-order valence-corrected chi connectivity index (χ2v) is 3.96. The van der Waals surface area contributed by atoms with E-state index in [-0.39, 0.29) is 12.8 Å². The Hall–Kier alpha value is -0.820. The van der Waals surface area contributed by atoms with Crippen molar-refractivity contribution in [1.82, 2.24) is 0 Å². The molecule has 100 valence electrons. The van der Waals surface area contributed by atoms with E-state index in [9.17, 15) is 35.5 Å². The topological polar surface area (TPSA) is 17.1 Å². The molecule has 0 spiro atoms. The zero-order valence-electron chi connectivity index (χ0n) is 8.68. The third-order valence-corrected chi connectivity index (χ3v) is 2.81. The van der Waals surface area contributed by atoms with Crippen LogP contribution in [0.2, 0.25) is 0 Å². The zero-order valence-corrected chi connectivity index (χ0v) is 8.68. The predicted molar refractivity (Wildman–Crippen MR) is 43.2 cm³/mol. The maximum Gasteiger partial charge on any atom is 0.383 e. The van der Waals surface area contributed by atoms with Gasteiger partial charge < -0.3 is 0 Å². The summed E-state index contributed by atoms with van der Waals surface area (Å²) in [5.41, 5.74) is -4.50. The highest BCUT2D eigenvalue weighted by Crippen LogP contribution is 2.61. The summed E-state index contributed by atoms with van der Waals surface area (Å²) in [4.78, 5) is 10.8. The normalized spacial score (nSPS) is 34.0. The van der Waals surface area contributed by atoms with Crippen molar-refractivity contribution in [2.24, 2.45) is 0 Å². The smallest absolute Gasteiger partial charge is 0.289 e. The molecule has 1 aliphatic rings. The fourth-order valence-electron chi connectivity index (χ4n) is 1.67. The Labute approximate surface area is 92.0 Å². The number of carbonyl (C=O) groups excluding carboxylic acids is 1. The predicted octanol–water partition coefficient (Wildman–Crippen LogP) is 3.37. The van der Waals surface area contributed by atoms with Gasteiger partial charge in [-0.3, -0.25) is 4.79 Å². The molecular formula is C9H9F7O. The van der Waals surface area contributed by atoms with E-state index in [1.54, 1.807) is 0 Å². The summed E-state index contributed by atoms with van der Waals surface area (Å²) in [5.74, 6) is -20.4. The number of hydrogen-bond donors (Lipinski definition) is 0. The summed E-state index contributed by atoms with van der Waals surface area (Å²) in [6, 6.07) is 0. The fourth-order valence-corrected chi connectivity index (χ4v) is 1.67. The largest absolute Gasteiger partial charge is 0.383 e. The number of carbonyl (C=O) groups is 1. The highest BCUT2D eigenvalue weighted by Gasteiger charge is 2.92. The summed E-state index contributed by atoms with van der Waals surface area (Å²) in [6.07, 6.45) is -1.61. The molecule has 17 heavy (non-hydrogen) atoms. The molecule has 1 nitrogen and oxygen atoms in total. The molecule has 0 heterocycles. The quantitative estimate of drug-likeness (QED) is 0.716. The summed E-state index contributed by atoms with van der Waals surface area (Å²) in [7, 11) is 0. The van der Waals surface area contributed by atoms with Crippen LogP contribution in [0.25, 0.3) is 0 Å². The van der Waals surface area contributed by atoms with Crippen LogP contribution in [0.15, 0.2) is 0 Å². The first-order valence-corrected chi connectivity index (χ1v) is 4.84. The van der Waals surface area contributed by atoms with Crippen LogP contribution in [-0.4, -0.2) is 29.2 Å². The maximum absolute atomic E-state index is 13.6. The van der Waals surface area contributed by atoms with Gasteiger partial charge in [0.05, 0.1) is 0 Å². The Balaban J connectivity index is 3.30. The van der Waals surface area contributed by atoms with Gasteiger partial charge in [-0.05, 0) is 12.8 Å². The van der Waals surface area contributed by atoms with E-state index >= 15 is 0 Å². The molecule has 0 bridgehead atoms. The molecule has 1 unspecified atom stereocenters. The molecule has 0 saturated heterocycles. The molecule has 1 fully saturated rings. The molecule has 1 atom stereocenters. The van der Waals surface area contributed by atoms with Crippen molar-refractivity contribution < 1.29 is 35.5 Å². The van der Waals surface area contributed by atoms with Crippen LogP contribution in [0.1, 0.15) is 26.2 Å². The molecule has 8 heteroatoms. The van der Waals surface area contributed by atoms with Crippen molar-refractivity contribution in [3.8, 4) is 0 Å². The molecule has 1 aliphatic carbocycles. The minimum absolute atomic E-state index is 0.103. The van der Waals surface area contributed by atoms with Crippen molar-refractivity contribution in [3.05, 3.63) is 0 Å². The second-order valence-electron chi connectivity index (χ2n) is 3.96. The Morgan fingerprint density at radius 3 is 1.71 bits per heavy atom. The SMILES string of the molecule is CCCCC1(F)C(=O)C(F)(F)C(F)(F)C1(F)F.